The molecule has 1 rings (SSSR count). The zero-order valence-electron chi connectivity index (χ0n) is 9.30. The molecule has 1 amide bonds. The van der Waals surface area contributed by atoms with Crippen LogP contribution >= 0.6 is 27.5 Å². The third kappa shape index (κ3) is 2.99. The Morgan fingerprint density at radius 1 is 1.72 bits per heavy atom. The standard InChI is InChI=1S/C11H9BrClFN2O2/c1-11(18,5-12)10(17)16-7-3-2-6(4-15)8(13)9(7)14/h2-3,18H,5H2,1H3,(H,16,17)/t11-/m0/s1. The first-order valence-corrected chi connectivity index (χ1v) is 6.31. The Hall–Kier alpha value is -1.16. The van der Waals surface area contributed by atoms with Crippen LogP contribution in [0.5, 0.6) is 0 Å². The fraction of sp³-hybridized carbons (Fsp3) is 0.273. The second-order valence-corrected chi connectivity index (χ2v) is 4.70. The maximum absolute atomic E-state index is 13.7. The molecule has 0 spiro atoms. The van der Waals surface area contributed by atoms with Crippen molar-refractivity contribution in [1.82, 2.24) is 0 Å². The van der Waals surface area contributed by atoms with E-state index in [4.69, 9.17) is 16.9 Å². The lowest BCUT2D eigenvalue weighted by Crippen LogP contribution is -2.41. The topological polar surface area (TPSA) is 73.1 Å². The molecule has 0 aliphatic heterocycles. The Balaban J connectivity index is 3.05. The van der Waals surface area contributed by atoms with Gasteiger partial charge in [-0.1, -0.05) is 27.5 Å². The van der Waals surface area contributed by atoms with E-state index in [9.17, 15) is 14.3 Å². The van der Waals surface area contributed by atoms with Crippen molar-refractivity contribution in [2.45, 2.75) is 12.5 Å². The molecular formula is C11H9BrClFN2O2. The van der Waals surface area contributed by atoms with Crippen LogP contribution < -0.4 is 5.32 Å². The first-order valence-electron chi connectivity index (χ1n) is 4.81. The van der Waals surface area contributed by atoms with Crippen LogP contribution in [0.2, 0.25) is 5.02 Å². The summed E-state index contributed by atoms with van der Waals surface area (Å²) in [5.41, 5.74) is -1.89. The van der Waals surface area contributed by atoms with Gasteiger partial charge >= 0.3 is 0 Å². The number of nitriles is 1. The van der Waals surface area contributed by atoms with Gasteiger partial charge in [0.2, 0.25) is 0 Å². The number of carbonyl (C=O) groups is 1. The number of anilines is 1. The Kier molecular flexibility index (Phi) is 4.68. The highest BCUT2D eigenvalue weighted by atomic mass is 79.9. The highest BCUT2D eigenvalue weighted by Gasteiger charge is 2.29. The van der Waals surface area contributed by atoms with Gasteiger partial charge in [-0.05, 0) is 19.1 Å². The summed E-state index contributed by atoms with van der Waals surface area (Å²) >= 11 is 8.58. The molecule has 1 atom stereocenters. The van der Waals surface area contributed by atoms with Gasteiger partial charge in [-0.15, -0.1) is 0 Å². The Morgan fingerprint density at radius 2 is 2.33 bits per heavy atom. The minimum atomic E-state index is -1.67. The zero-order chi connectivity index (χ0) is 13.9. The van der Waals surface area contributed by atoms with Crippen LogP contribution in [0.25, 0.3) is 0 Å². The number of aliphatic hydroxyl groups is 1. The van der Waals surface area contributed by atoms with Crippen molar-refractivity contribution in [1.29, 1.82) is 5.26 Å². The molecule has 0 fully saturated rings. The molecule has 0 aromatic heterocycles. The summed E-state index contributed by atoms with van der Waals surface area (Å²) in [4.78, 5) is 11.6. The van der Waals surface area contributed by atoms with Crippen molar-refractivity contribution in [3.63, 3.8) is 0 Å². The molecule has 0 aliphatic rings. The number of amides is 1. The molecule has 96 valence electrons. The van der Waals surface area contributed by atoms with Crippen molar-refractivity contribution in [2.75, 3.05) is 10.6 Å². The fourth-order valence-electron chi connectivity index (χ4n) is 1.05. The van der Waals surface area contributed by atoms with E-state index in [-0.39, 0.29) is 21.6 Å². The van der Waals surface area contributed by atoms with Gasteiger partial charge < -0.3 is 10.4 Å². The van der Waals surface area contributed by atoms with Gasteiger partial charge in [-0.2, -0.15) is 5.26 Å². The summed E-state index contributed by atoms with van der Waals surface area (Å²) in [7, 11) is 0. The zero-order valence-corrected chi connectivity index (χ0v) is 11.6. The summed E-state index contributed by atoms with van der Waals surface area (Å²) in [6, 6.07) is 4.21. The molecule has 0 saturated carbocycles. The average molecular weight is 336 g/mol. The molecule has 7 heteroatoms. The van der Waals surface area contributed by atoms with Crippen LogP contribution in [-0.2, 0) is 4.79 Å². The number of carbonyl (C=O) groups excluding carboxylic acids is 1. The molecule has 2 N–H and O–H groups in total. The molecule has 0 unspecified atom stereocenters. The van der Waals surface area contributed by atoms with Crippen LogP contribution in [0.4, 0.5) is 10.1 Å². The largest absolute Gasteiger partial charge is 0.379 e. The van der Waals surface area contributed by atoms with E-state index < -0.39 is 17.3 Å². The smallest absolute Gasteiger partial charge is 0.256 e. The normalized spacial score (nSPS) is 13.6. The fourth-order valence-corrected chi connectivity index (χ4v) is 1.51. The van der Waals surface area contributed by atoms with Crippen molar-refractivity contribution < 1.29 is 14.3 Å². The van der Waals surface area contributed by atoms with Gasteiger partial charge in [0.05, 0.1) is 16.3 Å². The predicted octanol–water partition coefficient (Wildman–Crippen LogP) is 2.44. The maximum Gasteiger partial charge on any atom is 0.256 e. The quantitative estimate of drug-likeness (QED) is 0.833. The number of alkyl halides is 1. The summed E-state index contributed by atoms with van der Waals surface area (Å²) < 4.78 is 13.7. The van der Waals surface area contributed by atoms with Gasteiger partial charge in [0.1, 0.15) is 11.7 Å². The van der Waals surface area contributed by atoms with E-state index >= 15 is 0 Å². The van der Waals surface area contributed by atoms with Crippen LogP contribution in [0.3, 0.4) is 0 Å². The van der Waals surface area contributed by atoms with Gasteiger partial charge in [0, 0.05) is 5.33 Å². The van der Waals surface area contributed by atoms with Crippen LogP contribution in [0.1, 0.15) is 12.5 Å². The lowest BCUT2D eigenvalue weighted by atomic mass is 10.1. The molecule has 0 heterocycles. The van der Waals surface area contributed by atoms with E-state index in [0.717, 1.165) is 0 Å². The van der Waals surface area contributed by atoms with Gasteiger partial charge in [-0.3, -0.25) is 4.79 Å². The predicted molar refractivity (Wildman–Crippen MR) is 69.2 cm³/mol. The Labute approximate surface area is 116 Å². The third-order valence-corrected chi connectivity index (χ3v) is 3.66. The van der Waals surface area contributed by atoms with E-state index in [1.807, 2.05) is 0 Å². The molecule has 1 aromatic carbocycles. The van der Waals surface area contributed by atoms with Gasteiger partial charge in [-0.25, -0.2) is 4.39 Å². The summed E-state index contributed by atoms with van der Waals surface area (Å²) in [5, 5.41) is 20.1. The highest BCUT2D eigenvalue weighted by molar-refractivity contribution is 9.09. The molecule has 0 bridgehead atoms. The molecule has 0 saturated heterocycles. The molecule has 18 heavy (non-hydrogen) atoms. The molecule has 4 nitrogen and oxygen atoms in total. The second-order valence-electron chi connectivity index (χ2n) is 3.76. The maximum atomic E-state index is 13.7. The lowest BCUT2D eigenvalue weighted by Gasteiger charge is -2.19. The highest BCUT2D eigenvalue weighted by Crippen LogP contribution is 2.26. The van der Waals surface area contributed by atoms with Gasteiger partial charge in [0.25, 0.3) is 5.91 Å². The van der Waals surface area contributed by atoms with E-state index in [0.29, 0.717) is 0 Å². The Morgan fingerprint density at radius 3 is 2.83 bits per heavy atom. The number of nitrogens with one attached hydrogen (secondary N) is 1. The molecular weight excluding hydrogens is 326 g/mol. The summed E-state index contributed by atoms with van der Waals surface area (Å²) in [5.74, 6) is -1.69. The number of hydrogen-bond donors (Lipinski definition) is 2. The second kappa shape index (κ2) is 5.65. The van der Waals surface area contributed by atoms with Gasteiger partial charge in [0.15, 0.2) is 5.82 Å². The van der Waals surface area contributed by atoms with Crippen LogP contribution in [-0.4, -0.2) is 21.9 Å². The lowest BCUT2D eigenvalue weighted by molar-refractivity contribution is -0.130. The minimum Gasteiger partial charge on any atom is -0.379 e. The number of halogens is 3. The molecule has 1 aromatic rings. The average Bonchev–Trinajstić information content (AvgIpc) is 2.35. The number of nitrogens with zero attached hydrogens (tertiary/aromatic N) is 1. The van der Waals surface area contributed by atoms with E-state index in [2.05, 4.69) is 21.2 Å². The monoisotopic (exact) mass is 334 g/mol. The number of rotatable bonds is 3. The van der Waals surface area contributed by atoms with Crippen molar-refractivity contribution in [2.24, 2.45) is 0 Å². The Bertz CT molecular complexity index is 529. The number of hydrogen-bond acceptors (Lipinski definition) is 3. The van der Waals surface area contributed by atoms with E-state index in [1.165, 1.54) is 19.1 Å². The van der Waals surface area contributed by atoms with Crippen LogP contribution in [0, 0.1) is 17.1 Å². The van der Waals surface area contributed by atoms with Crippen molar-refractivity contribution >= 4 is 39.1 Å². The number of benzene rings is 1. The molecule has 0 aliphatic carbocycles. The minimum absolute atomic E-state index is 0.00252. The first-order chi connectivity index (χ1) is 8.33. The van der Waals surface area contributed by atoms with Crippen molar-refractivity contribution in [3.05, 3.63) is 28.5 Å². The third-order valence-electron chi connectivity index (χ3n) is 2.20. The summed E-state index contributed by atoms with van der Waals surface area (Å²) in [6.07, 6.45) is 0. The summed E-state index contributed by atoms with van der Waals surface area (Å²) in [6.45, 7) is 1.28. The van der Waals surface area contributed by atoms with Crippen molar-refractivity contribution in [3.8, 4) is 6.07 Å². The first kappa shape index (κ1) is 14.9. The van der Waals surface area contributed by atoms with E-state index in [1.54, 1.807) is 6.07 Å². The van der Waals surface area contributed by atoms with Crippen LogP contribution in [0.15, 0.2) is 12.1 Å². The molecule has 0 radical (unpaired) electrons. The SMILES string of the molecule is C[C@](O)(CBr)C(=O)Nc1ccc(C#N)c(Cl)c1F.